The maximum absolute atomic E-state index is 14.6. The molecule has 2 heterocycles. The van der Waals surface area contributed by atoms with Crippen LogP contribution in [0.25, 0.3) is 0 Å². The van der Waals surface area contributed by atoms with Gasteiger partial charge in [-0.25, -0.2) is 9.37 Å². The summed E-state index contributed by atoms with van der Waals surface area (Å²) in [5, 5.41) is 11.2. The fourth-order valence-electron chi connectivity index (χ4n) is 3.20. The molecule has 0 aliphatic carbocycles. The summed E-state index contributed by atoms with van der Waals surface area (Å²) in [4.78, 5) is 20.1. The molecule has 2 aromatic rings. The molecule has 11 heteroatoms. The molecule has 0 fully saturated rings. The van der Waals surface area contributed by atoms with Crippen molar-refractivity contribution in [1.29, 1.82) is 5.26 Å². The van der Waals surface area contributed by atoms with Gasteiger partial charge < -0.3 is 15.8 Å². The van der Waals surface area contributed by atoms with Gasteiger partial charge >= 0.3 is 6.18 Å². The Bertz CT molecular complexity index is 1080. The standard InChI is InChI=1S/C20H17F4N5O2/c1-10-16(26)29-19(2,18(31-10)20(22,23)24)13-7-12(4-5-14(13)21)28-17(30)15-6-3-11(8-25)9-27-15/h3-7,9-10,18H,1-2H3,(H2,26,29)(H,28,30). The molecule has 0 saturated carbocycles. The Hall–Kier alpha value is -3.52. The highest BCUT2D eigenvalue weighted by Crippen LogP contribution is 2.44. The molecule has 0 bridgehead atoms. The smallest absolute Gasteiger partial charge is 0.385 e. The zero-order chi connectivity index (χ0) is 23.0. The van der Waals surface area contributed by atoms with E-state index in [1.54, 1.807) is 0 Å². The van der Waals surface area contributed by atoms with Gasteiger partial charge in [0.15, 0.2) is 6.10 Å². The minimum Gasteiger partial charge on any atom is -0.385 e. The molecule has 3 unspecified atom stereocenters. The lowest BCUT2D eigenvalue weighted by molar-refractivity contribution is -0.248. The lowest BCUT2D eigenvalue weighted by Gasteiger charge is -2.41. The molecule has 0 saturated heterocycles. The van der Waals surface area contributed by atoms with E-state index in [9.17, 15) is 22.4 Å². The first-order chi connectivity index (χ1) is 14.5. The van der Waals surface area contributed by atoms with E-state index in [2.05, 4.69) is 15.3 Å². The number of nitrogens with two attached hydrogens (primary N) is 1. The number of nitriles is 1. The first-order valence-corrected chi connectivity index (χ1v) is 9.00. The van der Waals surface area contributed by atoms with Crippen molar-refractivity contribution in [3.05, 3.63) is 59.2 Å². The van der Waals surface area contributed by atoms with E-state index < -0.39 is 41.2 Å². The molecule has 7 nitrogen and oxygen atoms in total. The van der Waals surface area contributed by atoms with Gasteiger partial charge in [0.05, 0.1) is 5.56 Å². The molecule has 0 radical (unpaired) electrons. The van der Waals surface area contributed by atoms with Crippen molar-refractivity contribution < 1.29 is 27.1 Å². The summed E-state index contributed by atoms with van der Waals surface area (Å²) < 4.78 is 60.7. The highest BCUT2D eigenvalue weighted by molar-refractivity contribution is 6.02. The lowest BCUT2D eigenvalue weighted by Crippen LogP contribution is -2.55. The van der Waals surface area contributed by atoms with Gasteiger partial charge in [0.25, 0.3) is 5.91 Å². The second-order valence-corrected chi connectivity index (χ2v) is 7.08. The third kappa shape index (κ3) is 4.34. The van der Waals surface area contributed by atoms with E-state index in [1.807, 2.05) is 6.07 Å². The molecule has 3 N–H and O–H groups in total. The predicted octanol–water partition coefficient (Wildman–Crippen LogP) is 3.27. The number of pyridine rings is 1. The number of rotatable bonds is 3. The van der Waals surface area contributed by atoms with Gasteiger partial charge in [-0.3, -0.25) is 9.79 Å². The summed E-state index contributed by atoms with van der Waals surface area (Å²) in [6, 6.07) is 7.69. The lowest BCUT2D eigenvalue weighted by atomic mass is 9.84. The molecular formula is C20H17F4N5O2. The predicted molar refractivity (Wildman–Crippen MR) is 103 cm³/mol. The zero-order valence-corrected chi connectivity index (χ0v) is 16.4. The van der Waals surface area contributed by atoms with Crippen molar-refractivity contribution in [3.8, 4) is 6.07 Å². The van der Waals surface area contributed by atoms with E-state index in [4.69, 9.17) is 15.7 Å². The maximum Gasteiger partial charge on any atom is 0.417 e. The molecule has 1 amide bonds. The van der Waals surface area contributed by atoms with Crippen LogP contribution in [-0.2, 0) is 10.3 Å². The van der Waals surface area contributed by atoms with Crippen LogP contribution in [0.5, 0.6) is 0 Å². The zero-order valence-electron chi connectivity index (χ0n) is 16.4. The van der Waals surface area contributed by atoms with Crippen molar-refractivity contribution in [1.82, 2.24) is 4.98 Å². The summed E-state index contributed by atoms with van der Waals surface area (Å²) >= 11 is 0. The van der Waals surface area contributed by atoms with Gasteiger partial charge in [-0.1, -0.05) is 0 Å². The summed E-state index contributed by atoms with van der Waals surface area (Å²) in [5.41, 5.74) is 3.25. The van der Waals surface area contributed by atoms with Gasteiger partial charge in [-0.05, 0) is 44.2 Å². The number of amidine groups is 1. The Balaban J connectivity index is 1.99. The molecular weight excluding hydrogens is 418 g/mol. The van der Waals surface area contributed by atoms with Crippen LogP contribution in [-0.4, -0.2) is 35.1 Å². The van der Waals surface area contributed by atoms with Gasteiger partial charge in [0.2, 0.25) is 0 Å². The number of nitrogens with one attached hydrogen (secondary N) is 1. The van der Waals surface area contributed by atoms with Gasteiger partial charge in [-0.15, -0.1) is 0 Å². The summed E-state index contributed by atoms with van der Waals surface area (Å²) in [7, 11) is 0. The number of ether oxygens (including phenoxy) is 1. The first-order valence-electron chi connectivity index (χ1n) is 9.00. The van der Waals surface area contributed by atoms with Crippen LogP contribution in [0.4, 0.5) is 23.2 Å². The van der Waals surface area contributed by atoms with Crippen molar-refractivity contribution in [2.75, 3.05) is 5.32 Å². The number of halogens is 4. The van der Waals surface area contributed by atoms with E-state index in [0.717, 1.165) is 19.1 Å². The number of aliphatic imine (C=N–C) groups is 1. The molecule has 3 atom stereocenters. The Kier molecular flexibility index (Phi) is 5.69. The third-order valence-corrected chi connectivity index (χ3v) is 4.82. The first kappa shape index (κ1) is 22.2. The fourth-order valence-corrected chi connectivity index (χ4v) is 3.20. The van der Waals surface area contributed by atoms with Crippen LogP contribution >= 0.6 is 0 Å². The van der Waals surface area contributed by atoms with Crippen molar-refractivity contribution in [2.24, 2.45) is 10.7 Å². The second kappa shape index (κ2) is 7.96. The maximum atomic E-state index is 14.6. The van der Waals surface area contributed by atoms with Gasteiger partial charge in [0.1, 0.15) is 35.1 Å². The summed E-state index contributed by atoms with van der Waals surface area (Å²) in [5.74, 6) is -1.88. The monoisotopic (exact) mass is 435 g/mol. The molecule has 162 valence electrons. The van der Waals surface area contributed by atoms with E-state index >= 15 is 0 Å². The number of hydrogen-bond donors (Lipinski definition) is 2. The van der Waals surface area contributed by atoms with Crippen molar-refractivity contribution in [3.63, 3.8) is 0 Å². The van der Waals surface area contributed by atoms with E-state index in [-0.39, 0.29) is 22.8 Å². The van der Waals surface area contributed by atoms with Crippen LogP contribution in [0.3, 0.4) is 0 Å². The number of carbonyl (C=O) groups excluding carboxylic acids is 1. The quantitative estimate of drug-likeness (QED) is 0.719. The highest BCUT2D eigenvalue weighted by atomic mass is 19.4. The molecule has 1 aliphatic rings. The number of amides is 1. The minimum atomic E-state index is -4.86. The average Bonchev–Trinajstić information content (AvgIpc) is 2.71. The van der Waals surface area contributed by atoms with Crippen LogP contribution in [0.1, 0.15) is 35.5 Å². The number of carbonyl (C=O) groups is 1. The SMILES string of the molecule is CC1OC(C(F)(F)F)C(C)(c2cc(NC(=O)c3ccc(C#N)cn3)ccc2F)N=C1N. The van der Waals surface area contributed by atoms with Crippen molar-refractivity contribution in [2.45, 2.75) is 37.8 Å². The van der Waals surface area contributed by atoms with Crippen LogP contribution in [0.2, 0.25) is 0 Å². The molecule has 1 aliphatic heterocycles. The second-order valence-electron chi connectivity index (χ2n) is 7.08. The largest absolute Gasteiger partial charge is 0.417 e. The number of anilines is 1. The highest BCUT2D eigenvalue weighted by Gasteiger charge is 2.57. The number of benzene rings is 1. The summed E-state index contributed by atoms with van der Waals surface area (Å²) in [6.45, 7) is 2.38. The Labute approximate surface area is 174 Å². The summed E-state index contributed by atoms with van der Waals surface area (Å²) in [6.07, 6.45) is -7.22. The molecule has 0 spiro atoms. The number of nitrogens with zero attached hydrogens (tertiary/aromatic N) is 3. The molecule has 1 aromatic carbocycles. The molecule has 3 rings (SSSR count). The van der Waals surface area contributed by atoms with Gasteiger partial charge in [0, 0.05) is 17.4 Å². The van der Waals surface area contributed by atoms with Crippen LogP contribution in [0, 0.1) is 17.1 Å². The van der Waals surface area contributed by atoms with Gasteiger partial charge in [-0.2, -0.15) is 18.4 Å². The van der Waals surface area contributed by atoms with E-state index in [1.165, 1.54) is 31.3 Å². The number of alkyl halides is 3. The fraction of sp³-hybridized carbons (Fsp3) is 0.300. The van der Waals surface area contributed by atoms with E-state index in [0.29, 0.717) is 0 Å². The Morgan fingerprint density at radius 3 is 2.61 bits per heavy atom. The normalized spacial score (nSPS) is 23.6. The van der Waals surface area contributed by atoms with Crippen LogP contribution < -0.4 is 11.1 Å². The molecule has 1 aromatic heterocycles. The Morgan fingerprint density at radius 2 is 2.03 bits per heavy atom. The topological polar surface area (TPSA) is 113 Å². The van der Waals surface area contributed by atoms with Crippen LogP contribution in [0.15, 0.2) is 41.5 Å². The Morgan fingerprint density at radius 1 is 1.32 bits per heavy atom. The number of hydrogen-bond acceptors (Lipinski definition) is 6. The third-order valence-electron chi connectivity index (χ3n) is 4.82. The average molecular weight is 435 g/mol. The molecule has 31 heavy (non-hydrogen) atoms. The van der Waals surface area contributed by atoms with Crippen molar-refractivity contribution >= 4 is 17.4 Å². The number of aromatic nitrogens is 1. The minimum absolute atomic E-state index is 0.0158.